The zero-order valence-electron chi connectivity index (χ0n) is 34.7. The smallest absolute Gasteiger partial charge is 0.245 e. The van der Waals surface area contributed by atoms with Gasteiger partial charge >= 0.3 is 0 Å². The molecule has 0 bridgehead atoms. The summed E-state index contributed by atoms with van der Waals surface area (Å²) in [6.45, 7) is 15.6. The van der Waals surface area contributed by atoms with Crippen LogP contribution in [0.1, 0.15) is 86.6 Å². The number of methoxy groups -OCH3 is 2. The molecular formula is C41H69N5O7. The van der Waals surface area contributed by atoms with Crippen molar-refractivity contribution < 1.29 is 33.4 Å². The monoisotopic (exact) mass is 744 g/mol. The number of ether oxygens (including phenoxy) is 2. The Morgan fingerprint density at radius 1 is 0.887 bits per heavy atom. The second-order valence-electron chi connectivity index (χ2n) is 15.8. The number of nitrogens with zero attached hydrogens (tertiary/aromatic N) is 3. The highest BCUT2D eigenvalue weighted by atomic mass is 16.5. The quantitative estimate of drug-likeness (QED) is 0.193. The molecular weight excluding hydrogens is 674 g/mol. The second kappa shape index (κ2) is 21.5. The number of likely N-dealkylation sites (tertiary alicyclic amines) is 1. The van der Waals surface area contributed by atoms with Crippen molar-refractivity contribution >= 4 is 29.4 Å². The zero-order chi connectivity index (χ0) is 40.2. The first-order valence-corrected chi connectivity index (χ1v) is 19.3. The molecule has 4 amide bonds. The van der Waals surface area contributed by atoms with Crippen LogP contribution in [0.5, 0.6) is 0 Å². The minimum absolute atomic E-state index is 0.0227. The van der Waals surface area contributed by atoms with E-state index in [9.17, 15) is 24.0 Å². The van der Waals surface area contributed by atoms with Crippen LogP contribution >= 0.6 is 0 Å². The Labute approximate surface area is 319 Å². The van der Waals surface area contributed by atoms with Crippen LogP contribution in [-0.2, 0) is 39.9 Å². The Morgan fingerprint density at radius 2 is 1.51 bits per heavy atom. The lowest BCUT2D eigenvalue weighted by Crippen LogP contribution is -2.59. The summed E-state index contributed by atoms with van der Waals surface area (Å²) in [6, 6.07) is 6.90. The summed E-state index contributed by atoms with van der Waals surface area (Å²) in [6.07, 6.45) is 1.32. The maximum atomic E-state index is 14.2. The average Bonchev–Trinajstić information content (AvgIpc) is 3.59. The van der Waals surface area contributed by atoms with E-state index in [4.69, 9.17) is 9.47 Å². The molecule has 12 nitrogen and oxygen atoms in total. The van der Waals surface area contributed by atoms with Crippen molar-refractivity contribution in [1.29, 1.82) is 0 Å². The third-order valence-corrected chi connectivity index (χ3v) is 11.0. The summed E-state index contributed by atoms with van der Waals surface area (Å²) in [5, 5.41) is 5.97. The Morgan fingerprint density at radius 3 is 2.00 bits per heavy atom. The highest BCUT2D eigenvalue weighted by Gasteiger charge is 2.43. The highest BCUT2D eigenvalue weighted by Crippen LogP contribution is 2.30. The molecule has 2 N–H and O–H groups in total. The second-order valence-corrected chi connectivity index (χ2v) is 15.8. The molecule has 0 aliphatic carbocycles. The lowest BCUT2D eigenvalue weighted by molar-refractivity contribution is -0.148. The van der Waals surface area contributed by atoms with E-state index < -0.39 is 42.3 Å². The van der Waals surface area contributed by atoms with Crippen LogP contribution in [0.4, 0.5) is 0 Å². The fraction of sp³-hybridized carbons (Fsp3) is 0.732. The molecule has 1 fully saturated rings. The number of likely N-dealkylation sites (N-methyl/N-ethyl adjacent to an activating group) is 2. The number of benzene rings is 1. The van der Waals surface area contributed by atoms with E-state index in [0.717, 1.165) is 18.4 Å². The number of carbonyl (C=O) groups is 5. The van der Waals surface area contributed by atoms with Gasteiger partial charge in [-0.25, -0.2) is 0 Å². The number of nitrogens with one attached hydrogen (secondary N) is 2. The van der Waals surface area contributed by atoms with Gasteiger partial charge in [0.25, 0.3) is 0 Å². The van der Waals surface area contributed by atoms with Gasteiger partial charge in [-0.3, -0.25) is 28.9 Å². The van der Waals surface area contributed by atoms with Crippen LogP contribution in [0.3, 0.4) is 0 Å². The van der Waals surface area contributed by atoms with E-state index in [1.54, 1.807) is 38.0 Å². The summed E-state index contributed by atoms with van der Waals surface area (Å²) >= 11 is 0. The summed E-state index contributed by atoms with van der Waals surface area (Å²) in [4.78, 5) is 73.2. The van der Waals surface area contributed by atoms with Gasteiger partial charge < -0.3 is 29.9 Å². The normalized spacial score (nSPS) is 19.2. The molecule has 300 valence electrons. The fourth-order valence-electron chi connectivity index (χ4n) is 7.86. The van der Waals surface area contributed by atoms with E-state index in [-0.39, 0.29) is 59.6 Å². The first-order valence-electron chi connectivity index (χ1n) is 19.3. The highest BCUT2D eigenvalue weighted by molar-refractivity contribution is 5.90. The van der Waals surface area contributed by atoms with Crippen LogP contribution in [0.25, 0.3) is 0 Å². The molecule has 1 aliphatic rings. The number of ketones is 1. The van der Waals surface area contributed by atoms with Gasteiger partial charge in [-0.05, 0) is 63.6 Å². The Bertz CT molecular complexity index is 1330. The predicted octanol–water partition coefficient (Wildman–Crippen LogP) is 3.95. The van der Waals surface area contributed by atoms with E-state index >= 15 is 0 Å². The third-order valence-electron chi connectivity index (χ3n) is 11.0. The topological polar surface area (TPSA) is 138 Å². The molecule has 1 aliphatic heterocycles. The molecule has 9 atom stereocenters. The molecule has 53 heavy (non-hydrogen) atoms. The Kier molecular flexibility index (Phi) is 18.6. The summed E-state index contributed by atoms with van der Waals surface area (Å²) in [5.41, 5.74) is 0.945. The van der Waals surface area contributed by atoms with Crippen molar-refractivity contribution in [2.24, 2.45) is 23.7 Å². The first-order chi connectivity index (χ1) is 24.9. The molecule has 12 heteroatoms. The largest absolute Gasteiger partial charge is 0.379 e. The van der Waals surface area contributed by atoms with Gasteiger partial charge in [-0.15, -0.1) is 0 Å². The van der Waals surface area contributed by atoms with Crippen molar-refractivity contribution in [3.63, 3.8) is 0 Å². The van der Waals surface area contributed by atoms with Gasteiger partial charge in [0, 0.05) is 27.8 Å². The molecule has 0 radical (unpaired) electrons. The lowest BCUT2D eigenvalue weighted by atomic mass is 9.89. The number of rotatable bonds is 21. The maximum Gasteiger partial charge on any atom is 0.245 e. The molecule has 0 aromatic heterocycles. The molecule has 2 rings (SSSR count). The van der Waals surface area contributed by atoms with Crippen LogP contribution in [0, 0.1) is 23.7 Å². The molecule has 0 saturated carbocycles. The molecule has 2 unspecified atom stereocenters. The van der Waals surface area contributed by atoms with Crippen LogP contribution < -0.4 is 10.6 Å². The standard InChI is InChI=1S/C41H69N5O7/c1-14-27(6)37(45(11)41(51)35(25(2)3)43-40(50)36(26(4)5)44(9)10)33(52-12)24-34(48)46-22-18-21-32(46)38(53-13)28(7)39(49)42-31(29(8)47)23-30-19-16-15-17-20-30/h15-17,19-20,25-28,31-33,35-38H,14,18,21-24H2,1-13H3,(H,42,49)(H,43,50)/t27?,28-,31+,32+,33?,35+,36+,37+,38-/m1/s1. The molecule has 1 heterocycles. The van der Waals surface area contributed by atoms with Gasteiger partial charge in [0.2, 0.25) is 23.6 Å². The number of hydrogen-bond acceptors (Lipinski definition) is 8. The Hall–Kier alpha value is -3.35. The zero-order valence-corrected chi connectivity index (χ0v) is 34.7. The van der Waals surface area contributed by atoms with Crippen LogP contribution in [0.2, 0.25) is 0 Å². The molecule has 0 spiro atoms. The van der Waals surface area contributed by atoms with Crippen molar-refractivity contribution in [3.05, 3.63) is 35.9 Å². The van der Waals surface area contributed by atoms with Crippen LogP contribution in [0.15, 0.2) is 30.3 Å². The number of Topliss-reactive ketones (excluding diaryl/α,β-unsaturated/α-hetero) is 1. The van der Waals surface area contributed by atoms with Crippen molar-refractivity contribution in [2.45, 2.75) is 130 Å². The molecule has 1 saturated heterocycles. The molecule has 1 aromatic rings. The van der Waals surface area contributed by atoms with Gasteiger partial charge in [0.1, 0.15) is 6.04 Å². The SMILES string of the molecule is CCC(C)[C@@H](C(CC(=O)N1CCC[C@H]1[C@H](OC)[C@@H](C)C(=O)N[C@@H](Cc1ccccc1)C(C)=O)OC)N(C)C(=O)[C@@H](NC(=O)[C@H](C(C)C)N(C)C)C(C)C. The average molecular weight is 744 g/mol. The minimum Gasteiger partial charge on any atom is -0.379 e. The van der Waals surface area contributed by atoms with Crippen molar-refractivity contribution in [3.8, 4) is 0 Å². The van der Waals surface area contributed by atoms with Crippen molar-refractivity contribution in [2.75, 3.05) is 41.9 Å². The van der Waals surface area contributed by atoms with Crippen molar-refractivity contribution in [1.82, 2.24) is 25.3 Å². The van der Waals surface area contributed by atoms with E-state index in [0.29, 0.717) is 19.4 Å². The lowest BCUT2D eigenvalue weighted by Gasteiger charge is -2.41. The van der Waals surface area contributed by atoms with Gasteiger partial charge in [-0.2, -0.15) is 0 Å². The van der Waals surface area contributed by atoms with E-state index in [2.05, 4.69) is 10.6 Å². The van der Waals surface area contributed by atoms with Gasteiger partial charge in [0.05, 0.1) is 48.7 Å². The molecule has 1 aromatic carbocycles. The van der Waals surface area contributed by atoms with Gasteiger partial charge in [-0.1, -0.05) is 85.2 Å². The summed E-state index contributed by atoms with van der Waals surface area (Å²) in [7, 11) is 8.55. The summed E-state index contributed by atoms with van der Waals surface area (Å²) in [5.74, 6) is -1.82. The van der Waals surface area contributed by atoms with Crippen LogP contribution in [-0.4, -0.2) is 128 Å². The van der Waals surface area contributed by atoms with E-state index in [1.807, 2.05) is 90.9 Å². The third kappa shape index (κ3) is 12.3. The summed E-state index contributed by atoms with van der Waals surface area (Å²) < 4.78 is 11.9. The predicted molar refractivity (Wildman–Crippen MR) is 208 cm³/mol. The number of hydrogen-bond donors (Lipinski definition) is 2. The number of amides is 4. The fourth-order valence-corrected chi connectivity index (χ4v) is 7.86. The Balaban J connectivity index is 2.27. The maximum absolute atomic E-state index is 14.2. The minimum atomic E-state index is -0.762. The number of carbonyl (C=O) groups excluding carboxylic acids is 5. The first kappa shape index (κ1) is 45.8. The van der Waals surface area contributed by atoms with E-state index in [1.165, 1.54) is 6.92 Å². The van der Waals surface area contributed by atoms with Gasteiger partial charge in [0.15, 0.2) is 5.78 Å².